The lowest BCUT2D eigenvalue weighted by Crippen LogP contribution is -2.47. The summed E-state index contributed by atoms with van der Waals surface area (Å²) < 4.78 is 54.8. The maximum atomic E-state index is 13.4. The van der Waals surface area contributed by atoms with Gasteiger partial charge in [-0.05, 0) is 48.0 Å². The van der Waals surface area contributed by atoms with E-state index < -0.39 is 11.7 Å². The summed E-state index contributed by atoms with van der Waals surface area (Å²) in [7, 11) is 0. The van der Waals surface area contributed by atoms with Gasteiger partial charge in [0, 0.05) is 31.9 Å². The summed E-state index contributed by atoms with van der Waals surface area (Å²) in [6.07, 6.45) is -4.36. The van der Waals surface area contributed by atoms with Crippen LogP contribution in [0.25, 0.3) is 11.0 Å². The monoisotopic (exact) mass is 454 g/mol. The van der Waals surface area contributed by atoms with Gasteiger partial charge in [-0.3, -0.25) is 0 Å². The molecule has 0 spiro atoms. The van der Waals surface area contributed by atoms with Crippen molar-refractivity contribution in [3.8, 4) is 0 Å². The highest BCUT2D eigenvalue weighted by molar-refractivity contribution is 5.79. The molecule has 1 aliphatic rings. The Morgan fingerprint density at radius 2 is 1.48 bits per heavy atom. The van der Waals surface area contributed by atoms with Crippen molar-refractivity contribution in [3.63, 3.8) is 0 Å². The number of imidazole rings is 1. The van der Waals surface area contributed by atoms with Gasteiger partial charge in [-0.25, -0.2) is 9.37 Å². The number of fused-ring (bicyclic) bond motifs is 1. The van der Waals surface area contributed by atoms with Gasteiger partial charge in [0.1, 0.15) is 5.82 Å². The van der Waals surface area contributed by atoms with Crippen LogP contribution in [0.3, 0.4) is 0 Å². The van der Waals surface area contributed by atoms with Gasteiger partial charge in [0.15, 0.2) is 0 Å². The third-order valence-corrected chi connectivity index (χ3v) is 5.99. The lowest BCUT2D eigenvalue weighted by molar-refractivity contribution is -0.137. The van der Waals surface area contributed by atoms with E-state index in [0.717, 1.165) is 28.6 Å². The fourth-order valence-corrected chi connectivity index (χ4v) is 4.28. The first-order chi connectivity index (χ1) is 15.9. The normalized spacial score (nSPS) is 14.8. The molecule has 0 aliphatic carbocycles. The molecule has 8 heteroatoms. The van der Waals surface area contributed by atoms with Crippen LogP contribution in [0.1, 0.15) is 11.1 Å². The van der Waals surface area contributed by atoms with Crippen molar-refractivity contribution in [2.75, 3.05) is 36.0 Å². The van der Waals surface area contributed by atoms with Crippen LogP contribution in [0.2, 0.25) is 0 Å². The van der Waals surface area contributed by atoms with Crippen molar-refractivity contribution in [1.82, 2.24) is 9.55 Å². The average Bonchev–Trinajstić information content (AvgIpc) is 3.18. The molecule has 0 saturated carbocycles. The van der Waals surface area contributed by atoms with Crippen molar-refractivity contribution >= 4 is 22.7 Å². The molecule has 0 bridgehead atoms. The predicted molar refractivity (Wildman–Crippen MR) is 121 cm³/mol. The summed E-state index contributed by atoms with van der Waals surface area (Å²) in [6, 6.07) is 19.8. The minimum absolute atomic E-state index is 0.278. The number of halogens is 4. The molecule has 33 heavy (non-hydrogen) atoms. The Hall–Kier alpha value is -3.55. The van der Waals surface area contributed by atoms with Crippen LogP contribution in [0.5, 0.6) is 0 Å². The topological polar surface area (TPSA) is 24.3 Å². The van der Waals surface area contributed by atoms with Crippen LogP contribution in [0.15, 0.2) is 72.8 Å². The number of piperazine rings is 1. The first-order valence-corrected chi connectivity index (χ1v) is 10.8. The van der Waals surface area contributed by atoms with Crippen molar-refractivity contribution < 1.29 is 17.6 Å². The Balaban J connectivity index is 1.39. The third kappa shape index (κ3) is 4.37. The van der Waals surface area contributed by atoms with Crippen LogP contribution < -0.4 is 9.80 Å². The third-order valence-electron chi connectivity index (χ3n) is 5.99. The molecule has 170 valence electrons. The molecule has 2 heterocycles. The lowest BCUT2D eigenvalue weighted by atomic mass is 10.1. The van der Waals surface area contributed by atoms with Gasteiger partial charge >= 0.3 is 6.18 Å². The number of anilines is 2. The van der Waals surface area contributed by atoms with Gasteiger partial charge in [-0.15, -0.1) is 0 Å². The van der Waals surface area contributed by atoms with E-state index in [0.29, 0.717) is 38.4 Å². The second-order valence-electron chi connectivity index (χ2n) is 8.14. The quantitative estimate of drug-likeness (QED) is 0.377. The summed E-state index contributed by atoms with van der Waals surface area (Å²) in [6.45, 7) is 2.97. The Morgan fingerprint density at radius 3 is 2.21 bits per heavy atom. The lowest BCUT2D eigenvalue weighted by Gasteiger charge is -2.37. The number of rotatable bonds is 4. The Morgan fingerprint density at radius 1 is 0.788 bits per heavy atom. The first-order valence-electron chi connectivity index (χ1n) is 10.8. The summed E-state index contributed by atoms with van der Waals surface area (Å²) in [5.41, 5.74) is 2.75. The van der Waals surface area contributed by atoms with E-state index in [2.05, 4.69) is 9.47 Å². The fraction of sp³-hybridized carbons (Fsp3) is 0.240. The maximum Gasteiger partial charge on any atom is 0.416 e. The molecule has 0 atom stereocenters. The summed E-state index contributed by atoms with van der Waals surface area (Å²) in [5, 5.41) is 0. The van der Waals surface area contributed by atoms with Crippen LogP contribution in [-0.4, -0.2) is 35.7 Å². The van der Waals surface area contributed by atoms with E-state index in [-0.39, 0.29) is 5.82 Å². The number of nitrogens with zero attached hydrogens (tertiary/aromatic N) is 4. The number of hydrogen-bond acceptors (Lipinski definition) is 3. The van der Waals surface area contributed by atoms with Gasteiger partial charge < -0.3 is 14.4 Å². The number of alkyl halides is 3. The van der Waals surface area contributed by atoms with E-state index in [1.54, 1.807) is 18.2 Å². The molecule has 1 saturated heterocycles. The van der Waals surface area contributed by atoms with Crippen molar-refractivity contribution in [3.05, 3.63) is 89.7 Å². The molecule has 4 aromatic rings. The minimum atomic E-state index is -4.36. The van der Waals surface area contributed by atoms with Gasteiger partial charge in [0.25, 0.3) is 0 Å². The minimum Gasteiger partial charge on any atom is -0.368 e. The Bertz CT molecular complexity index is 1260. The van der Waals surface area contributed by atoms with Crippen LogP contribution in [-0.2, 0) is 12.7 Å². The molecule has 3 aromatic carbocycles. The van der Waals surface area contributed by atoms with E-state index in [4.69, 9.17) is 4.98 Å². The van der Waals surface area contributed by atoms with Crippen LogP contribution in [0, 0.1) is 5.82 Å². The van der Waals surface area contributed by atoms with Crippen LogP contribution >= 0.6 is 0 Å². The molecule has 1 aromatic heterocycles. The molecule has 0 radical (unpaired) electrons. The van der Waals surface area contributed by atoms with Crippen LogP contribution in [0.4, 0.5) is 29.2 Å². The molecule has 0 unspecified atom stereocenters. The Kier molecular flexibility index (Phi) is 5.44. The van der Waals surface area contributed by atoms with E-state index in [1.165, 1.54) is 24.3 Å². The van der Waals surface area contributed by atoms with E-state index in [9.17, 15) is 17.6 Å². The number of benzene rings is 3. The van der Waals surface area contributed by atoms with Gasteiger partial charge in [-0.2, -0.15) is 13.2 Å². The smallest absolute Gasteiger partial charge is 0.368 e. The summed E-state index contributed by atoms with van der Waals surface area (Å²) in [5.74, 6) is 0.532. The first kappa shape index (κ1) is 21.3. The highest BCUT2D eigenvalue weighted by Crippen LogP contribution is 2.32. The second kappa shape index (κ2) is 8.42. The largest absolute Gasteiger partial charge is 0.416 e. The van der Waals surface area contributed by atoms with E-state index >= 15 is 0 Å². The highest BCUT2D eigenvalue weighted by atomic mass is 19.4. The number of para-hydroxylation sites is 2. The standard InChI is InChI=1S/C25H22F4N4/c26-20-10-8-18(9-11-20)17-33-23-7-2-1-6-22(23)30-24(33)32-14-12-31(13-15-32)21-5-3-4-19(16-21)25(27,28)29/h1-11,16H,12-15,17H2. The molecule has 5 rings (SSSR count). The van der Waals surface area contributed by atoms with E-state index in [1.807, 2.05) is 29.2 Å². The molecule has 1 fully saturated rings. The zero-order chi connectivity index (χ0) is 23.0. The summed E-state index contributed by atoms with van der Waals surface area (Å²) in [4.78, 5) is 8.97. The van der Waals surface area contributed by atoms with Gasteiger partial charge in [0.05, 0.1) is 23.1 Å². The zero-order valence-electron chi connectivity index (χ0n) is 17.8. The van der Waals surface area contributed by atoms with Gasteiger partial charge in [0.2, 0.25) is 5.95 Å². The highest BCUT2D eigenvalue weighted by Gasteiger charge is 2.31. The fourth-order valence-electron chi connectivity index (χ4n) is 4.28. The Labute approximate surface area is 188 Å². The maximum absolute atomic E-state index is 13.4. The van der Waals surface area contributed by atoms with Crippen molar-refractivity contribution in [2.24, 2.45) is 0 Å². The zero-order valence-corrected chi connectivity index (χ0v) is 17.8. The van der Waals surface area contributed by atoms with Crippen molar-refractivity contribution in [2.45, 2.75) is 12.7 Å². The SMILES string of the molecule is Fc1ccc(Cn2c(N3CCN(c4cccc(C(F)(F)F)c4)CC3)nc3ccccc32)cc1. The number of aromatic nitrogens is 2. The average molecular weight is 454 g/mol. The molecule has 0 amide bonds. The molecular formula is C25H22F4N4. The second-order valence-corrected chi connectivity index (χ2v) is 8.14. The van der Waals surface area contributed by atoms with Crippen molar-refractivity contribution in [1.29, 1.82) is 0 Å². The van der Waals surface area contributed by atoms with Gasteiger partial charge in [-0.1, -0.05) is 30.3 Å². The molecular weight excluding hydrogens is 432 g/mol. The predicted octanol–water partition coefficient (Wildman–Crippen LogP) is 5.57. The molecule has 4 nitrogen and oxygen atoms in total. The molecule has 0 N–H and O–H groups in total. The molecule has 1 aliphatic heterocycles. The summed E-state index contributed by atoms with van der Waals surface area (Å²) >= 11 is 0. The number of hydrogen-bond donors (Lipinski definition) is 0.